The van der Waals surface area contributed by atoms with Crippen LogP contribution in [-0.2, 0) is 14.3 Å². The van der Waals surface area contributed by atoms with E-state index in [9.17, 15) is 4.79 Å². The number of nitrogens with two attached hydrogens (primary N) is 1. The molecular weight excluding hydrogens is 208 g/mol. The first-order chi connectivity index (χ1) is 7.77. The number of hydrogen-bond acceptors (Lipinski definition) is 4. The predicted octanol–water partition coefficient (Wildman–Crippen LogP) is -0.497. The van der Waals surface area contributed by atoms with E-state index in [2.05, 4.69) is 5.32 Å². The van der Waals surface area contributed by atoms with E-state index < -0.39 is 0 Å². The first kappa shape index (κ1) is 11.8. The lowest BCUT2D eigenvalue weighted by atomic mass is 10.0. The van der Waals surface area contributed by atoms with Crippen molar-refractivity contribution in [2.75, 3.05) is 33.0 Å². The van der Waals surface area contributed by atoms with Crippen LogP contribution in [0.5, 0.6) is 0 Å². The third-order valence-corrected chi connectivity index (χ3v) is 3.34. The molecule has 5 nitrogen and oxygen atoms in total. The number of nitrogens with one attached hydrogen (secondary N) is 1. The Morgan fingerprint density at radius 1 is 1.31 bits per heavy atom. The highest BCUT2D eigenvalue weighted by atomic mass is 16.5. The maximum Gasteiger partial charge on any atom is 0.227 e. The average Bonchev–Trinajstić information content (AvgIpc) is 2.88. The van der Waals surface area contributed by atoms with Gasteiger partial charge in [0.2, 0.25) is 5.91 Å². The predicted molar refractivity (Wildman–Crippen MR) is 58.8 cm³/mol. The molecule has 0 spiro atoms. The highest BCUT2D eigenvalue weighted by Gasteiger charge is 2.31. The molecule has 5 heteroatoms. The maximum absolute atomic E-state index is 11.7. The zero-order valence-electron chi connectivity index (χ0n) is 9.48. The van der Waals surface area contributed by atoms with Crippen LogP contribution in [0.25, 0.3) is 0 Å². The molecule has 2 aliphatic rings. The van der Waals surface area contributed by atoms with E-state index in [1.54, 1.807) is 0 Å². The Labute approximate surface area is 95.7 Å². The zero-order chi connectivity index (χ0) is 11.4. The van der Waals surface area contributed by atoms with Gasteiger partial charge in [0.15, 0.2) is 0 Å². The minimum Gasteiger partial charge on any atom is -0.381 e. The average molecular weight is 228 g/mol. The van der Waals surface area contributed by atoms with Gasteiger partial charge in [-0.2, -0.15) is 0 Å². The van der Waals surface area contributed by atoms with Gasteiger partial charge in [0.25, 0.3) is 0 Å². The first-order valence-corrected chi connectivity index (χ1v) is 5.96. The lowest BCUT2D eigenvalue weighted by Gasteiger charge is -2.14. The van der Waals surface area contributed by atoms with E-state index in [0.29, 0.717) is 19.1 Å². The Kier molecular flexibility index (Phi) is 4.15. The van der Waals surface area contributed by atoms with Crippen LogP contribution in [0.1, 0.15) is 12.8 Å². The highest BCUT2D eigenvalue weighted by Crippen LogP contribution is 2.16. The summed E-state index contributed by atoms with van der Waals surface area (Å²) in [6.07, 6.45) is 2.11. The van der Waals surface area contributed by atoms with Crippen molar-refractivity contribution in [3.05, 3.63) is 0 Å². The second kappa shape index (κ2) is 5.61. The van der Waals surface area contributed by atoms with Crippen LogP contribution in [0.15, 0.2) is 0 Å². The summed E-state index contributed by atoms with van der Waals surface area (Å²) in [7, 11) is 0. The lowest BCUT2D eigenvalue weighted by molar-refractivity contribution is -0.125. The maximum atomic E-state index is 11.7. The van der Waals surface area contributed by atoms with Crippen LogP contribution in [0.2, 0.25) is 0 Å². The van der Waals surface area contributed by atoms with Crippen molar-refractivity contribution in [3.63, 3.8) is 0 Å². The monoisotopic (exact) mass is 228 g/mol. The van der Waals surface area contributed by atoms with Crippen molar-refractivity contribution in [1.29, 1.82) is 0 Å². The standard InChI is InChI=1S/C11H20N2O3/c12-10-7-16-6-9(10)11(14)13-3-1-8-2-4-15-5-8/h8-10H,1-7,12H2,(H,13,14). The summed E-state index contributed by atoms with van der Waals surface area (Å²) in [6.45, 7) is 3.37. The molecule has 0 aromatic heterocycles. The first-order valence-electron chi connectivity index (χ1n) is 5.96. The second-order valence-electron chi connectivity index (χ2n) is 4.62. The van der Waals surface area contributed by atoms with E-state index in [4.69, 9.17) is 15.2 Å². The summed E-state index contributed by atoms with van der Waals surface area (Å²) < 4.78 is 10.4. The van der Waals surface area contributed by atoms with Crippen LogP contribution < -0.4 is 11.1 Å². The molecule has 2 fully saturated rings. The molecule has 92 valence electrons. The Hall–Kier alpha value is -0.650. The molecule has 3 N–H and O–H groups in total. The molecule has 0 radical (unpaired) electrons. The minimum atomic E-state index is -0.167. The Morgan fingerprint density at radius 3 is 2.81 bits per heavy atom. The van der Waals surface area contributed by atoms with E-state index in [1.807, 2.05) is 0 Å². The largest absolute Gasteiger partial charge is 0.381 e. The fourth-order valence-electron chi connectivity index (χ4n) is 2.18. The van der Waals surface area contributed by atoms with Crippen molar-refractivity contribution in [3.8, 4) is 0 Å². The molecule has 2 heterocycles. The third kappa shape index (κ3) is 2.93. The fraction of sp³-hybridized carbons (Fsp3) is 0.909. The van der Waals surface area contributed by atoms with Crippen LogP contribution >= 0.6 is 0 Å². The van der Waals surface area contributed by atoms with E-state index in [-0.39, 0.29) is 17.9 Å². The molecule has 2 rings (SSSR count). The molecule has 2 saturated heterocycles. The molecule has 1 amide bonds. The summed E-state index contributed by atoms with van der Waals surface area (Å²) in [6, 6.07) is -0.144. The summed E-state index contributed by atoms with van der Waals surface area (Å²) in [4.78, 5) is 11.7. The van der Waals surface area contributed by atoms with Gasteiger partial charge in [0.05, 0.1) is 19.1 Å². The Bertz CT molecular complexity index is 241. The van der Waals surface area contributed by atoms with Crippen molar-refractivity contribution >= 4 is 5.91 Å². The number of hydrogen-bond donors (Lipinski definition) is 2. The molecule has 0 aromatic carbocycles. The molecule has 0 saturated carbocycles. The number of rotatable bonds is 4. The summed E-state index contributed by atoms with van der Waals surface area (Å²) >= 11 is 0. The molecule has 0 aliphatic carbocycles. The van der Waals surface area contributed by atoms with Crippen LogP contribution in [0.4, 0.5) is 0 Å². The lowest BCUT2D eigenvalue weighted by Crippen LogP contribution is -2.41. The van der Waals surface area contributed by atoms with Crippen molar-refractivity contribution < 1.29 is 14.3 Å². The zero-order valence-corrected chi connectivity index (χ0v) is 9.48. The van der Waals surface area contributed by atoms with Gasteiger partial charge in [-0.1, -0.05) is 0 Å². The van der Waals surface area contributed by atoms with Crippen LogP contribution in [0.3, 0.4) is 0 Å². The summed E-state index contributed by atoms with van der Waals surface area (Å²) in [5.41, 5.74) is 5.77. The van der Waals surface area contributed by atoms with E-state index in [1.165, 1.54) is 0 Å². The van der Waals surface area contributed by atoms with Crippen molar-refractivity contribution in [2.24, 2.45) is 17.6 Å². The highest BCUT2D eigenvalue weighted by molar-refractivity contribution is 5.79. The summed E-state index contributed by atoms with van der Waals surface area (Å²) in [5, 5.41) is 2.93. The van der Waals surface area contributed by atoms with Gasteiger partial charge >= 0.3 is 0 Å². The molecule has 0 bridgehead atoms. The topological polar surface area (TPSA) is 73.6 Å². The Morgan fingerprint density at radius 2 is 2.19 bits per heavy atom. The van der Waals surface area contributed by atoms with Gasteiger partial charge in [-0.25, -0.2) is 0 Å². The second-order valence-corrected chi connectivity index (χ2v) is 4.62. The van der Waals surface area contributed by atoms with Crippen molar-refractivity contribution in [2.45, 2.75) is 18.9 Å². The molecule has 2 aliphatic heterocycles. The van der Waals surface area contributed by atoms with Gasteiger partial charge < -0.3 is 20.5 Å². The van der Waals surface area contributed by atoms with Crippen molar-refractivity contribution in [1.82, 2.24) is 5.32 Å². The minimum absolute atomic E-state index is 0.0314. The van der Waals surface area contributed by atoms with Gasteiger partial charge in [0, 0.05) is 25.8 Å². The normalized spacial score (nSPS) is 34.2. The quantitative estimate of drug-likeness (QED) is 0.680. The smallest absolute Gasteiger partial charge is 0.227 e. The number of carbonyl (C=O) groups is 1. The number of amides is 1. The van der Waals surface area contributed by atoms with E-state index >= 15 is 0 Å². The van der Waals surface area contributed by atoms with E-state index in [0.717, 1.165) is 32.6 Å². The fourth-order valence-corrected chi connectivity index (χ4v) is 2.18. The molecular formula is C11H20N2O3. The molecule has 3 atom stereocenters. The van der Waals surface area contributed by atoms with Crippen LogP contribution in [-0.4, -0.2) is 44.9 Å². The van der Waals surface area contributed by atoms with Gasteiger partial charge in [-0.05, 0) is 18.8 Å². The van der Waals surface area contributed by atoms with Gasteiger partial charge in [0.1, 0.15) is 0 Å². The molecule has 0 aromatic rings. The van der Waals surface area contributed by atoms with Gasteiger partial charge in [-0.3, -0.25) is 4.79 Å². The number of ether oxygens (including phenoxy) is 2. The van der Waals surface area contributed by atoms with Crippen LogP contribution in [0, 0.1) is 11.8 Å². The summed E-state index contributed by atoms with van der Waals surface area (Å²) in [5.74, 6) is 0.470. The third-order valence-electron chi connectivity index (χ3n) is 3.34. The molecule has 3 unspecified atom stereocenters. The molecule has 16 heavy (non-hydrogen) atoms. The van der Waals surface area contributed by atoms with Gasteiger partial charge in [-0.15, -0.1) is 0 Å². The Balaban J connectivity index is 1.63. The number of carbonyl (C=O) groups excluding carboxylic acids is 1. The SMILES string of the molecule is NC1COCC1C(=O)NCCC1CCOC1.